The SMILES string of the molecule is CC(=O)Nc1cccc(-c2ccccc2CNCC2CCN(c3nccc(C=C4SC(=O)NC4=O)n3)CC2)c1. The third kappa shape index (κ3) is 6.90. The lowest BCUT2D eigenvalue weighted by Crippen LogP contribution is -2.38. The lowest BCUT2D eigenvalue weighted by molar-refractivity contribution is -0.115. The van der Waals surface area contributed by atoms with Crippen LogP contribution in [0.5, 0.6) is 0 Å². The zero-order valence-corrected chi connectivity index (χ0v) is 22.5. The van der Waals surface area contributed by atoms with Crippen molar-refractivity contribution in [2.45, 2.75) is 26.3 Å². The maximum Gasteiger partial charge on any atom is 0.290 e. The molecule has 39 heavy (non-hydrogen) atoms. The first-order valence-corrected chi connectivity index (χ1v) is 13.8. The van der Waals surface area contributed by atoms with Gasteiger partial charge in [-0.15, -0.1) is 0 Å². The van der Waals surface area contributed by atoms with Crippen LogP contribution in [0.15, 0.2) is 65.7 Å². The van der Waals surface area contributed by atoms with Crippen LogP contribution in [0.1, 0.15) is 31.0 Å². The Balaban J connectivity index is 1.14. The Hall–Kier alpha value is -4.02. The molecule has 2 aliphatic heterocycles. The fourth-order valence-corrected chi connectivity index (χ4v) is 5.49. The molecule has 2 aliphatic rings. The number of amides is 3. The van der Waals surface area contributed by atoms with Gasteiger partial charge in [-0.1, -0.05) is 36.4 Å². The second-order valence-corrected chi connectivity index (χ2v) is 10.6. The van der Waals surface area contributed by atoms with E-state index in [4.69, 9.17) is 0 Å². The minimum Gasteiger partial charge on any atom is -0.341 e. The molecule has 0 aliphatic carbocycles. The Bertz CT molecular complexity index is 1420. The molecular weight excluding hydrogens is 512 g/mol. The third-order valence-electron chi connectivity index (χ3n) is 6.74. The van der Waals surface area contributed by atoms with Gasteiger partial charge >= 0.3 is 0 Å². The van der Waals surface area contributed by atoms with Crippen molar-refractivity contribution in [3.05, 3.63) is 77.0 Å². The topological polar surface area (TPSA) is 116 Å². The Morgan fingerprint density at radius 2 is 1.95 bits per heavy atom. The second kappa shape index (κ2) is 12.2. The predicted molar refractivity (Wildman–Crippen MR) is 154 cm³/mol. The van der Waals surface area contributed by atoms with Gasteiger partial charge in [0, 0.05) is 38.4 Å². The number of thioether (sulfide) groups is 1. The summed E-state index contributed by atoms with van der Waals surface area (Å²) in [6, 6.07) is 18.0. The van der Waals surface area contributed by atoms with E-state index in [0.29, 0.717) is 22.5 Å². The fourth-order valence-electron chi connectivity index (χ4n) is 4.82. The van der Waals surface area contributed by atoms with Gasteiger partial charge in [0.2, 0.25) is 11.9 Å². The highest BCUT2D eigenvalue weighted by atomic mass is 32.2. The van der Waals surface area contributed by atoms with Crippen LogP contribution in [0, 0.1) is 5.92 Å². The van der Waals surface area contributed by atoms with Gasteiger partial charge in [0.25, 0.3) is 11.1 Å². The molecule has 1 aromatic heterocycles. The van der Waals surface area contributed by atoms with Gasteiger partial charge in [0.15, 0.2) is 0 Å². The van der Waals surface area contributed by atoms with Crippen molar-refractivity contribution < 1.29 is 14.4 Å². The van der Waals surface area contributed by atoms with Gasteiger partial charge in [-0.05, 0) is 78.0 Å². The number of nitrogens with zero attached hydrogens (tertiary/aromatic N) is 3. The summed E-state index contributed by atoms with van der Waals surface area (Å²) in [7, 11) is 0. The van der Waals surface area contributed by atoms with Crippen molar-refractivity contribution in [3.8, 4) is 11.1 Å². The van der Waals surface area contributed by atoms with Gasteiger partial charge in [0.05, 0.1) is 10.6 Å². The summed E-state index contributed by atoms with van der Waals surface area (Å²) in [5.41, 5.74) is 4.83. The zero-order chi connectivity index (χ0) is 27.2. The molecule has 200 valence electrons. The molecule has 0 spiro atoms. The molecule has 2 saturated heterocycles. The largest absolute Gasteiger partial charge is 0.341 e. The molecule has 0 radical (unpaired) electrons. The van der Waals surface area contributed by atoms with Crippen LogP contribution in [0.3, 0.4) is 0 Å². The van der Waals surface area contributed by atoms with Crippen LogP contribution in [0.4, 0.5) is 16.4 Å². The smallest absolute Gasteiger partial charge is 0.290 e. The number of nitrogens with one attached hydrogen (secondary N) is 3. The third-order valence-corrected chi connectivity index (χ3v) is 7.55. The maximum atomic E-state index is 11.8. The van der Waals surface area contributed by atoms with Crippen LogP contribution in [-0.4, -0.2) is 46.7 Å². The minimum atomic E-state index is -0.389. The van der Waals surface area contributed by atoms with Crippen molar-refractivity contribution in [2.24, 2.45) is 5.92 Å². The van der Waals surface area contributed by atoms with Gasteiger partial charge in [-0.3, -0.25) is 19.7 Å². The summed E-state index contributed by atoms with van der Waals surface area (Å²) in [5.74, 6) is 0.714. The average Bonchev–Trinajstić information content (AvgIpc) is 3.25. The molecule has 0 atom stereocenters. The number of hydrogen-bond acceptors (Lipinski definition) is 8. The summed E-state index contributed by atoms with van der Waals surface area (Å²) < 4.78 is 0. The van der Waals surface area contributed by atoms with Crippen molar-refractivity contribution in [2.75, 3.05) is 29.9 Å². The molecule has 2 aromatic carbocycles. The van der Waals surface area contributed by atoms with Crippen LogP contribution in [0.25, 0.3) is 17.2 Å². The first-order valence-electron chi connectivity index (χ1n) is 12.9. The van der Waals surface area contributed by atoms with E-state index in [1.165, 1.54) is 12.5 Å². The monoisotopic (exact) mass is 542 g/mol. The first kappa shape index (κ1) is 26.6. The van der Waals surface area contributed by atoms with Crippen LogP contribution in [0.2, 0.25) is 0 Å². The number of imide groups is 1. The second-order valence-electron chi connectivity index (χ2n) is 9.61. The fraction of sp³-hybridized carbons (Fsp3) is 0.276. The number of hydrogen-bond donors (Lipinski definition) is 3. The number of benzene rings is 2. The van der Waals surface area contributed by atoms with Crippen LogP contribution < -0.4 is 20.9 Å². The summed E-state index contributed by atoms with van der Waals surface area (Å²) >= 11 is 0.884. The van der Waals surface area contributed by atoms with Crippen molar-refractivity contribution in [3.63, 3.8) is 0 Å². The lowest BCUT2D eigenvalue weighted by atomic mass is 9.96. The standard InChI is InChI=1S/C29H30N6O3S/c1-19(36)32-23-7-4-6-21(15-23)25-8-3-2-5-22(25)18-30-17-20-10-13-35(14-11-20)28-31-12-9-24(33-28)16-26-27(37)34-29(38)39-26/h2-9,12,15-16,20,30H,10-11,13-14,17-18H2,1H3,(H,32,36)(H,34,37,38). The van der Waals surface area contributed by atoms with Crippen molar-refractivity contribution in [1.29, 1.82) is 0 Å². The Labute approximate surface area is 231 Å². The number of piperidine rings is 1. The predicted octanol–water partition coefficient (Wildman–Crippen LogP) is 4.43. The average molecular weight is 543 g/mol. The molecule has 0 unspecified atom stereocenters. The molecule has 0 bridgehead atoms. The van der Waals surface area contributed by atoms with E-state index < -0.39 is 0 Å². The normalized spacial score (nSPS) is 16.9. The van der Waals surface area contributed by atoms with Gasteiger partial charge in [0.1, 0.15) is 0 Å². The number of rotatable bonds is 8. The maximum absolute atomic E-state index is 11.8. The summed E-state index contributed by atoms with van der Waals surface area (Å²) in [4.78, 5) is 46.3. The number of anilines is 2. The van der Waals surface area contributed by atoms with E-state index in [0.717, 1.165) is 67.6 Å². The highest BCUT2D eigenvalue weighted by Crippen LogP contribution is 2.28. The Morgan fingerprint density at radius 1 is 1.13 bits per heavy atom. The van der Waals surface area contributed by atoms with E-state index >= 15 is 0 Å². The quantitative estimate of drug-likeness (QED) is 0.358. The molecule has 3 heterocycles. The molecule has 3 amide bonds. The summed E-state index contributed by atoms with van der Waals surface area (Å²) in [6.07, 6.45) is 5.36. The van der Waals surface area contributed by atoms with Gasteiger partial charge in [-0.25, -0.2) is 9.97 Å². The lowest BCUT2D eigenvalue weighted by Gasteiger charge is -2.32. The molecule has 3 N–H and O–H groups in total. The molecule has 2 fully saturated rings. The molecule has 10 heteroatoms. The zero-order valence-electron chi connectivity index (χ0n) is 21.6. The number of carbonyl (C=O) groups is 3. The van der Waals surface area contributed by atoms with E-state index in [2.05, 4.69) is 55.1 Å². The van der Waals surface area contributed by atoms with E-state index in [-0.39, 0.29) is 17.1 Å². The highest BCUT2D eigenvalue weighted by Gasteiger charge is 2.26. The van der Waals surface area contributed by atoms with Crippen LogP contribution in [-0.2, 0) is 16.1 Å². The molecular formula is C29H30N6O3S. The van der Waals surface area contributed by atoms with E-state index in [9.17, 15) is 14.4 Å². The van der Waals surface area contributed by atoms with Crippen molar-refractivity contribution in [1.82, 2.24) is 20.6 Å². The highest BCUT2D eigenvalue weighted by molar-refractivity contribution is 8.18. The number of aromatic nitrogens is 2. The molecule has 9 nitrogen and oxygen atoms in total. The molecule has 0 saturated carbocycles. The Kier molecular flexibility index (Phi) is 8.33. The first-order chi connectivity index (χ1) is 18.9. The molecule has 5 rings (SSSR count). The molecule has 3 aromatic rings. The summed E-state index contributed by atoms with van der Waals surface area (Å²) in [5, 5.41) is 8.40. The van der Waals surface area contributed by atoms with Gasteiger partial charge < -0.3 is 15.5 Å². The van der Waals surface area contributed by atoms with E-state index in [1.54, 1.807) is 18.3 Å². The number of carbonyl (C=O) groups excluding carboxylic acids is 3. The van der Waals surface area contributed by atoms with E-state index in [1.807, 2.05) is 24.3 Å². The Morgan fingerprint density at radius 3 is 2.72 bits per heavy atom. The van der Waals surface area contributed by atoms with Crippen molar-refractivity contribution >= 4 is 46.5 Å². The van der Waals surface area contributed by atoms with Crippen LogP contribution >= 0.6 is 11.8 Å². The summed E-state index contributed by atoms with van der Waals surface area (Å²) in [6.45, 7) is 4.90. The minimum absolute atomic E-state index is 0.0837. The van der Waals surface area contributed by atoms with Gasteiger partial charge in [-0.2, -0.15) is 0 Å².